The number of hydrogen-bond donors (Lipinski definition) is 2. The predicted molar refractivity (Wildman–Crippen MR) is 68.1 cm³/mol. The van der Waals surface area contributed by atoms with Gasteiger partial charge in [-0.3, -0.25) is 9.48 Å². The van der Waals surface area contributed by atoms with Crippen LogP contribution in [0.1, 0.15) is 29.6 Å². The van der Waals surface area contributed by atoms with Crippen molar-refractivity contribution in [3.8, 4) is 0 Å². The lowest BCUT2D eigenvalue weighted by atomic mass is 10.0. The summed E-state index contributed by atoms with van der Waals surface area (Å²) in [7, 11) is 1.80. The number of rotatable bonds is 3. The Labute approximate surface area is 107 Å². The number of hydrogen-bond acceptors (Lipinski definition) is 3. The van der Waals surface area contributed by atoms with Gasteiger partial charge in [-0.2, -0.15) is 5.10 Å². The van der Waals surface area contributed by atoms with E-state index in [1.807, 2.05) is 0 Å². The molecule has 0 aromatic carbocycles. The van der Waals surface area contributed by atoms with E-state index in [0.717, 1.165) is 19.3 Å². The fraction of sp³-hybridized carbons (Fsp3) is 0.636. The van der Waals surface area contributed by atoms with Crippen LogP contribution >= 0.6 is 12.4 Å². The third-order valence-corrected chi connectivity index (χ3v) is 3.25. The zero-order valence-electron chi connectivity index (χ0n) is 9.93. The van der Waals surface area contributed by atoms with Crippen LogP contribution in [-0.4, -0.2) is 28.3 Å². The average molecular weight is 259 g/mol. The van der Waals surface area contributed by atoms with E-state index in [-0.39, 0.29) is 24.4 Å². The highest BCUT2D eigenvalue weighted by atomic mass is 35.5. The van der Waals surface area contributed by atoms with E-state index in [1.165, 1.54) is 0 Å². The highest BCUT2D eigenvalue weighted by molar-refractivity contribution is 5.93. The van der Waals surface area contributed by atoms with Crippen molar-refractivity contribution >= 4 is 18.3 Å². The lowest BCUT2D eigenvalue weighted by Crippen LogP contribution is -2.39. The van der Waals surface area contributed by atoms with Gasteiger partial charge in [-0.15, -0.1) is 12.4 Å². The van der Waals surface area contributed by atoms with Gasteiger partial charge in [-0.05, 0) is 25.3 Å². The van der Waals surface area contributed by atoms with Crippen molar-refractivity contribution in [3.05, 3.63) is 18.0 Å². The van der Waals surface area contributed by atoms with Crippen LogP contribution < -0.4 is 11.1 Å². The van der Waals surface area contributed by atoms with Crippen molar-refractivity contribution in [1.82, 2.24) is 15.1 Å². The number of aromatic nitrogens is 2. The van der Waals surface area contributed by atoms with Gasteiger partial charge in [0, 0.05) is 19.3 Å². The minimum absolute atomic E-state index is 0. The normalized spacial score (nSPS) is 23.2. The zero-order valence-corrected chi connectivity index (χ0v) is 10.7. The molecule has 1 heterocycles. The number of amides is 1. The van der Waals surface area contributed by atoms with Gasteiger partial charge in [0.15, 0.2) is 0 Å². The van der Waals surface area contributed by atoms with E-state index < -0.39 is 0 Å². The van der Waals surface area contributed by atoms with Crippen LogP contribution in [0.15, 0.2) is 12.4 Å². The molecule has 6 heteroatoms. The number of carbonyl (C=O) groups is 1. The maximum absolute atomic E-state index is 11.9. The van der Waals surface area contributed by atoms with Gasteiger partial charge >= 0.3 is 0 Å². The van der Waals surface area contributed by atoms with Gasteiger partial charge in [0.25, 0.3) is 5.91 Å². The second-order valence-electron chi connectivity index (χ2n) is 4.41. The van der Waals surface area contributed by atoms with Gasteiger partial charge in [0.1, 0.15) is 0 Å². The van der Waals surface area contributed by atoms with E-state index in [0.29, 0.717) is 18.0 Å². The molecule has 0 radical (unpaired) electrons. The van der Waals surface area contributed by atoms with Crippen LogP contribution in [0.25, 0.3) is 0 Å². The third kappa shape index (κ3) is 3.20. The topological polar surface area (TPSA) is 72.9 Å². The summed E-state index contributed by atoms with van der Waals surface area (Å²) in [4.78, 5) is 11.9. The molecule has 1 aromatic heterocycles. The number of halogens is 1. The first-order chi connectivity index (χ1) is 7.70. The molecule has 1 saturated carbocycles. The van der Waals surface area contributed by atoms with Crippen molar-refractivity contribution in [2.24, 2.45) is 18.7 Å². The highest BCUT2D eigenvalue weighted by Gasteiger charge is 2.27. The maximum atomic E-state index is 11.9. The fourth-order valence-electron chi connectivity index (χ4n) is 2.30. The summed E-state index contributed by atoms with van der Waals surface area (Å²) in [6.07, 6.45) is 6.62. The molecule has 3 N–H and O–H groups in total. The van der Waals surface area contributed by atoms with E-state index in [4.69, 9.17) is 5.73 Å². The quantitative estimate of drug-likeness (QED) is 0.838. The molecule has 1 aliphatic rings. The molecule has 1 amide bonds. The Morgan fingerprint density at radius 1 is 1.65 bits per heavy atom. The van der Waals surface area contributed by atoms with Crippen molar-refractivity contribution in [3.63, 3.8) is 0 Å². The van der Waals surface area contributed by atoms with Crippen molar-refractivity contribution < 1.29 is 4.79 Å². The monoisotopic (exact) mass is 258 g/mol. The molecule has 0 aliphatic heterocycles. The number of nitrogens with one attached hydrogen (secondary N) is 1. The summed E-state index contributed by atoms with van der Waals surface area (Å²) in [5.41, 5.74) is 6.29. The van der Waals surface area contributed by atoms with Crippen molar-refractivity contribution in [2.45, 2.75) is 25.3 Å². The molecule has 1 fully saturated rings. The Morgan fingerprint density at radius 2 is 2.41 bits per heavy atom. The molecule has 5 nitrogen and oxygen atoms in total. The average Bonchev–Trinajstić information content (AvgIpc) is 2.86. The highest BCUT2D eigenvalue weighted by Crippen LogP contribution is 2.24. The first-order valence-corrected chi connectivity index (χ1v) is 5.70. The van der Waals surface area contributed by atoms with Crippen LogP contribution in [0.4, 0.5) is 0 Å². The number of aryl methyl sites for hydroxylation is 1. The molecule has 96 valence electrons. The molecule has 17 heavy (non-hydrogen) atoms. The SMILES string of the molecule is Cl.Cn1cc(C(=O)NC2CCCC2CN)cn1. The second kappa shape index (κ2) is 6.02. The molecule has 2 unspecified atom stereocenters. The molecule has 1 aromatic rings. The Bertz CT molecular complexity index is 379. The lowest BCUT2D eigenvalue weighted by molar-refractivity contribution is 0.0928. The summed E-state index contributed by atoms with van der Waals surface area (Å²) in [6.45, 7) is 0.651. The van der Waals surface area contributed by atoms with Crippen LogP contribution in [0.5, 0.6) is 0 Å². The third-order valence-electron chi connectivity index (χ3n) is 3.25. The molecule has 0 saturated heterocycles. The summed E-state index contributed by atoms with van der Waals surface area (Å²) in [5, 5.41) is 7.02. The summed E-state index contributed by atoms with van der Waals surface area (Å²) >= 11 is 0. The van der Waals surface area contributed by atoms with Gasteiger partial charge in [-0.1, -0.05) is 6.42 Å². The second-order valence-corrected chi connectivity index (χ2v) is 4.41. The Hall–Kier alpha value is -1.07. The smallest absolute Gasteiger partial charge is 0.254 e. The molecule has 2 rings (SSSR count). The molecular weight excluding hydrogens is 240 g/mol. The fourth-order valence-corrected chi connectivity index (χ4v) is 2.30. The molecule has 1 aliphatic carbocycles. The Kier molecular flexibility index (Phi) is 4.96. The summed E-state index contributed by atoms with van der Waals surface area (Å²) in [6, 6.07) is 0.234. The van der Waals surface area contributed by atoms with E-state index >= 15 is 0 Å². The molecule has 0 spiro atoms. The maximum Gasteiger partial charge on any atom is 0.254 e. The van der Waals surface area contributed by atoms with Crippen molar-refractivity contribution in [1.29, 1.82) is 0 Å². The molecular formula is C11H19ClN4O. The minimum atomic E-state index is -0.0431. The standard InChI is InChI=1S/C11H18N4O.ClH/c1-15-7-9(6-13-15)11(16)14-10-4-2-3-8(10)5-12;/h6-8,10H,2-5,12H2,1H3,(H,14,16);1H. The Balaban J connectivity index is 0.00000144. The van der Waals surface area contributed by atoms with Gasteiger partial charge in [-0.25, -0.2) is 0 Å². The largest absolute Gasteiger partial charge is 0.349 e. The van der Waals surface area contributed by atoms with E-state index in [1.54, 1.807) is 24.1 Å². The lowest BCUT2D eigenvalue weighted by Gasteiger charge is -2.18. The minimum Gasteiger partial charge on any atom is -0.349 e. The van der Waals surface area contributed by atoms with Crippen LogP contribution in [0.2, 0.25) is 0 Å². The first-order valence-electron chi connectivity index (χ1n) is 5.70. The number of carbonyl (C=O) groups excluding carboxylic acids is 1. The first kappa shape index (κ1) is 14.0. The van der Waals surface area contributed by atoms with Crippen molar-refractivity contribution in [2.75, 3.05) is 6.54 Å². The summed E-state index contributed by atoms with van der Waals surface area (Å²) < 4.78 is 1.63. The number of nitrogens with two attached hydrogens (primary N) is 1. The van der Waals surface area contributed by atoms with Gasteiger partial charge in [0.2, 0.25) is 0 Å². The molecule has 2 atom stereocenters. The van der Waals surface area contributed by atoms with Crippen LogP contribution in [0.3, 0.4) is 0 Å². The van der Waals surface area contributed by atoms with E-state index in [2.05, 4.69) is 10.4 Å². The van der Waals surface area contributed by atoms with Crippen LogP contribution in [-0.2, 0) is 7.05 Å². The number of nitrogens with zero attached hydrogens (tertiary/aromatic N) is 2. The zero-order chi connectivity index (χ0) is 11.5. The van der Waals surface area contributed by atoms with E-state index in [9.17, 15) is 4.79 Å². The predicted octanol–water partition coefficient (Wildman–Crippen LogP) is 0.699. The van der Waals surface area contributed by atoms with Gasteiger partial charge < -0.3 is 11.1 Å². The summed E-state index contributed by atoms with van der Waals surface area (Å²) in [5.74, 6) is 0.388. The Morgan fingerprint density at radius 3 is 3.00 bits per heavy atom. The molecule has 0 bridgehead atoms. The van der Waals surface area contributed by atoms with Crippen LogP contribution in [0, 0.1) is 5.92 Å². The van der Waals surface area contributed by atoms with Gasteiger partial charge in [0.05, 0.1) is 11.8 Å².